The Bertz CT molecular complexity index is 1030. The summed E-state index contributed by atoms with van der Waals surface area (Å²) in [5, 5.41) is 0. The number of hydrogen-bond acceptors (Lipinski definition) is 7. The Hall–Kier alpha value is -4.14. The summed E-state index contributed by atoms with van der Waals surface area (Å²) in [7, 11) is 2.46. The highest BCUT2D eigenvalue weighted by Crippen LogP contribution is 2.26. The number of carbonyl (C=O) groups is 4. The monoisotopic (exact) mass is 438 g/mol. The molecule has 32 heavy (non-hydrogen) atoms. The second-order valence-electron chi connectivity index (χ2n) is 6.79. The molecule has 1 aliphatic heterocycles. The molecule has 0 radical (unpaired) electrons. The van der Waals surface area contributed by atoms with Gasteiger partial charge < -0.3 is 14.2 Å². The molecule has 0 bridgehead atoms. The summed E-state index contributed by atoms with van der Waals surface area (Å²) in [6, 6.07) is 15.2. The predicted molar refractivity (Wildman–Crippen MR) is 113 cm³/mol. The molecule has 0 aromatic heterocycles. The normalized spacial score (nSPS) is 14.6. The summed E-state index contributed by atoms with van der Waals surface area (Å²) in [6.07, 6.45) is 1.56. The molecule has 1 heterocycles. The average Bonchev–Trinajstić information content (AvgIpc) is 3.03. The molecule has 9 heteroatoms. The Morgan fingerprint density at radius 3 is 2.16 bits per heavy atom. The van der Waals surface area contributed by atoms with E-state index in [1.807, 2.05) is 30.3 Å². The highest BCUT2D eigenvalue weighted by Gasteiger charge is 2.42. The Labute approximate surface area is 184 Å². The number of urea groups is 1. The maximum atomic E-state index is 13.0. The SMILES string of the molecule is COC(=O)COc1ccc(/C=C2\C(=O)N(CC(=O)OC)C(=O)N2Cc2ccccc2)cc1. The molecule has 1 saturated heterocycles. The fraction of sp³-hybridized carbons (Fsp3) is 0.217. The van der Waals surface area contributed by atoms with E-state index in [9.17, 15) is 19.2 Å². The van der Waals surface area contributed by atoms with Crippen LogP contribution in [0.2, 0.25) is 0 Å². The van der Waals surface area contributed by atoms with E-state index in [1.165, 1.54) is 19.1 Å². The largest absolute Gasteiger partial charge is 0.482 e. The first kappa shape index (κ1) is 22.5. The van der Waals surface area contributed by atoms with Crippen LogP contribution in [0.4, 0.5) is 4.79 Å². The summed E-state index contributed by atoms with van der Waals surface area (Å²) >= 11 is 0. The maximum absolute atomic E-state index is 13.0. The number of rotatable bonds is 8. The Morgan fingerprint density at radius 2 is 1.53 bits per heavy atom. The lowest BCUT2D eigenvalue weighted by Crippen LogP contribution is -2.37. The van der Waals surface area contributed by atoms with Crippen LogP contribution < -0.4 is 4.74 Å². The first-order chi connectivity index (χ1) is 15.4. The predicted octanol–water partition coefficient (Wildman–Crippen LogP) is 2.22. The third kappa shape index (κ3) is 5.31. The molecule has 3 amide bonds. The molecule has 0 spiro atoms. The Kier molecular flexibility index (Phi) is 7.22. The van der Waals surface area contributed by atoms with Crippen molar-refractivity contribution in [3.63, 3.8) is 0 Å². The van der Waals surface area contributed by atoms with E-state index in [0.29, 0.717) is 11.3 Å². The molecule has 0 N–H and O–H groups in total. The third-order valence-electron chi connectivity index (χ3n) is 4.68. The van der Waals surface area contributed by atoms with Crippen molar-refractivity contribution in [1.82, 2.24) is 9.80 Å². The minimum atomic E-state index is -0.695. The standard InChI is InChI=1S/C23H22N2O7/c1-30-20(26)14-25-22(28)19(24(23(25)29)13-17-6-4-3-5-7-17)12-16-8-10-18(11-9-16)32-15-21(27)31-2/h3-12H,13-15H2,1-2H3/b19-12+. The van der Waals surface area contributed by atoms with Crippen molar-refractivity contribution in [2.24, 2.45) is 0 Å². The minimum Gasteiger partial charge on any atom is -0.482 e. The van der Waals surface area contributed by atoms with E-state index >= 15 is 0 Å². The molecule has 0 unspecified atom stereocenters. The van der Waals surface area contributed by atoms with Crippen LogP contribution in [0.25, 0.3) is 6.08 Å². The highest BCUT2D eigenvalue weighted by atomic mass is 16.6. The smallest absolute Gasteiger partial charge is 0.343 e. The molecule has 0 aliphatic carbocycles. The van der Waals surface area contributed by atoms with Gasteiger partial charge in [0.15, 0.2) is 6.61 Å². The van der Waals surface area contributed by atoms with Crippen LogP contribution in [0, 0.1) is 0 Å². The molecule has 2 aromatic rings. The number of hydrogen-bond donors (Lipinski definition) is 0. The van der Waals surface area contributed by atoms with E-state index in [4.69, 9.17) is 4.74 Å². The molecular formula is C23H22N2O7. The van der Waals surface area contributed by atoms with Gasteiger partial charge in [-0.2, -0.15) is 0 Å². The van der Waals surface area contributed by atoms with Gasteiger partial charge in [-0.25, -0.2) is 14.5 Å². The first-order valence-corrected chi connectivity index (χ1v) is 9.68. The van der Waals surface area contributed by atoms with Crippen molar-refractivity contribution >= 4 is 30.0 Å². The van der Waals surface area contributed by atoms with Crippen LogP contribution in [0.1, 0.15) is 11.1 Å². The Balaban J connectivity index is 1.86. The van der Waals surface area contributed by atoms with Gasteiger partial charge in [0.05, 0.1) is 20.8 Å². The fourth-order valence-electron chi connectivity index (χ4n) is 3.00. The van der Waals surface area contributed by atoms with E-state index in [0.717, 1.165) is 10.5 Å². The molecule has 166 valence electrons. The van der Waals surface area contributed by atoms with Gasteiger partial charge in [-0.1, -0.05) is 42.5 Å². The zero-order valence-corrected chi connectivity index (χ0v) is 17.6. The van der Waals surface area contributed by atoms with Crippen LogP contribution in [-0.2, 0) is 30.4 Å². The quantitative estimate of drug-likeness (QED) is 0.354. The summed E-state index contributed by atoms with van der Waals surface area (Å²) in [5.41, 5.74) is 1.58. The lowest BCUT2D eigenvalue weighted by Gasteiger charge is -2.17. The molecule has 0 atom stereocenters. The van der Waals surface area contributed by atoms with Crippen molar-refractivity contribution in [3.8, 4) is 5.75 Å². The van der Waals surface area contributed by atoms with Crippen LogP contribution in [0.5, 0.6) is 5.75 Å². The summed E-state index contributed by atoms with van der Waals surface area (Å²) < 4.78 is 14.4. The van der Waals surface area contributed by atoms with Gasteiger partial charge in [-0.05, 0) is 29.3 Å². The maximum Gasteiger partial charge on any atom is 0.343 e. The lowest BCUT2D eigenvalue weighted by molar-refractivity contribution is -0.143. The number of carbonyl (C=O) groups excluding carboxylic acids is 4. The van der Waals surface area contributed by atoms with Gasteiger partial charge in [-0.15, -0.1) is 0 Å². The van der Waals surface area contributed by atoms with Gasteiger partial charge >= 0.3 is 18.0 Å². The Morgan fingerprint density at radius 1 is 0.875 bits per heavy atom. The van der Waals surface area contributed by atoms with Gasteiger partial charge in [-0.3, -0.25) is 14.5 Å². The van der Waals surface area contributed by atoms with E-state index in [-0.39, 0.29) is 18.8 Å². The van der Waals surface area contributed by atoms with Crippen molar-refractivity contribution < 1.29 is 33.4 Å². The van der Waals surface area contributed by atoms with Crippen LogP contribution >= 0.6 is 0 Å². The topological polar surface area (TPSA) is 102 Å². The zero-order valence-electron chi connectivity index (χ0n) is 17.6. The minimum absolute atomic E-state index is 0.131. The molecule has 3 rings (SSSR count). The van der Waals surface area contributed by atoms with Crippen molar-refractivity contribution in [3.05, 3.63) is 71.4 Å². The van der Waals surface area contributed by atoms with Crippen molar-refractivity contribution in [1.29, 1.82) is 0 Å². The van der Waals surface area contributed by atoms with Crippen LogP contribution in [-0.4, -0.2) is 61.0 Å². The summed E-state index contributed by atoms with van der Waals surface area (Å²) in [6.45, 7) is -0.538. The lowest BCUT2D eigenvalue weighted by atomic mass is 10.1. The average molecular weight is 438 g/mol. The van der Waals surface area contributed by atoms with E-state index in [1.54, 1.807) is 30.3 Å². The van der Waals surface area contributed by atoms with E-state index < -0.39 is 30.4 Å². The van der Waals surface area contributed by atoms with Crippen molar-refractivity contribution in [2.75, 3.05) is 27.4 Å². The number of nitrogens with zero attached hydrogens (tertiary/aromatic N) is 2. The summed E-state index contributed by atoms with van der Waals surface area (Å²) in [4.78, 5) is 51.0. The first-order valence-electron chi connectivity index (χ1n) is 9.68. The second-order valence-corrected chi connectivity index (χ2v) is 6.79. The number of benzene rings is 2. The van der Waals surface area contributed by atoms with Gasteiger partial charge in [0.2, 0.25) is 0 Å². The summed E-state index contributed by atoms with van der Waals surface area (Å²) in [5.74, 6) is -1.35. The number of esters is 2. The van der Waals surface area contributed by atoms with Gasteiger partial charge in [0.1, 0.15) is 18.0 Å². The fourth-order valence-corrected chi connectivity index (χ4v) is 3.00. The van der Waals surface area contributed by atoms with Gasteiger partial charge in [0.25, 0.3) is 5.91 Å². The molecule has 0 saturated carbocycles. The van der Waals surface area contributed by atoms with Gasteiger partial charge in [0, 0.05) is 0 Å². The molecule has 9 nitrogen and oxygen atoms in total. The second kappa shape index (κ2) is 10.3. The molecule has 2 aromatic carbocycles. The number of methoxy groups -OCH3 is 2. The van der Waals surface area contributed by atoms with Crippen LogP contribution in [0.15, 0.2) is 60.3 Å². The third-order valence-corrected chi connectivity index (χ3v) is 4.68. The zero-order chi connectivity index (χ0) is 23.1. The number of imide groups is 1. The van der Waals surface area contributed by atoms with Crippen molar-refractivity contribution in [2.45, 2.75) is 6.54 Å². The molecule has 1 aliphatic rings. The number of ether oxygens (including phenoxy) is 3. The highest BCUT2D eigenvalue weighted by molar-refractivity contribution is 6.15. The van der Waals surface area contributed by atoms with Crippen LogP contribution in [0.3, 0.4) is 0 Å². The number of amides is 3. The molecular weight excluding hydrogens is 416 g/mol. The van der Waals surface area contributed by atoms with E-state index in [2.05, 4.69) is 9.47 Å². The molecule has 1 fully saturated rings.